The van der Waals surface area contributed by atoms with Gasteiger partial charge in [-0.05, 0) is 31.7 Å². The summed E-state index contributed by atoms with van der Waals surface area (Å²) in [5, 5.41) is 12.3. The quantitative estimate of drug-likeness (QED) is 0.799. The summed E-state index contributed by atoms with van der Waals surface area (Å²) in [6, 6.07) is 1.98. The van der Waals surface area contributed by atoms with Crippen LogP contribution in [0, 0.1) is 0 Å². The van der Waals surface area contributed by atoms with Gasteiger partial charge in [-0.3, -0.25) is 0 Å². The molecule has 1 aromatic heterocycles. The average molecular weight is 203 g/mol. The molecule has 1 fully saturated rings. The van der Waals surface area contributed by atoms with Crippen LogP contribution in [0.25, 0.3) is 0 Å². The summed E-state index contributed by atoms with van der Waals surface area (Å²) in [5.41, 5.74) is -0.323. The fourth-order valence-electron chi connectivity index (χ4n) is 1.24. The number of hydrogen-bond donors (Lipinski definition) is 1. The lowest BCUT2D eigenvalue weighted by molar-refractivity contribution is 0.141. The zero-order valence-electron chi connectivity index (χ0n) is 6.72. The van der Waals surface area contributed by atoms with Gasteiger partial charge in [-0.2, -0.15) is 0 Å². The van der Waals surface area contributed by atoms with E-state index in [1.165, 1.54) is 4.88 Å². The molecule has 0 unspecified atom stereocenters. The molecule has 0 aliphatic heterocycles. The Morgan fingerprint density at radius 1 is 1.58 bits per heavy atom. The molecule has 1 heterocycles. The Morgan fingerprint density at radius 3 is 2.83 bits per heavy atom. The Balaban J connectivity index is 1.87. The lowest BCUT2D eigenvalue weighted by Crippen LogP contribution is -2.06. The van der Waals surface area contributed by atoms with Crippen LogP contribution in [-0.2, 0) is 6.42 Å². The van der Waals surface area contributed by atoms with Gasteiger partial charge in [0, 0.05) is 10.3 Å². The molecule has 1 aromatic rings. The van der Waals surface area contributed by atoms with Crippen molar-refractivity contribution in [1.82, 2.24) is 0 Å². The summed E-state index contributed by atoms with van der Waals surface area (Å²) in [6.07, 6.45) is 3.82. The molecule has 1 aliphatic rings. The predicted octanol–water partition coefficient (Wildman–Crippen LogP) is 2.86. The minimum Gasteiger partial charge on any atom is -0.390 e. The molecule has 0 atom stereocenters. The van der Waals surface area contributed by atoms with Gasteiger partial charge in [-0.15, -0.1) is 11.3 Å². The number of rotatable bonds is 3. The molecule has 3 heteroatoms. The largest absolute Gasteiger partial charge is 0.390 e. The minimum atomic E-state index is -0.323. The molecule has 0 bridgehead atoms. The number of aliphatic hydroxyl groups is 1. The summed E-state index contributed by atoms with van der Waals surface area (Å²) >= 11 is 7.45. The van der Waals surface area contributed by atoms with E-state index in [4.69, 9.17) is 11.6 Å². The summed E-state index contributed by atoms with van der Waals surface area (Å²) in [4.78, 5) is 1.28. The monoisotopic (exact) mass is 202 g/mol. The molecule has 2 rings (SSSR count). The molecule has 1 aliphatic carbocycles. The molecule has 0 spiro atoms. The predicted molar refractivity (Wildman–Crippen MR) is 51.8 cm³/mol. The van der Waals surface area contributed by atoms with Crippen molar-refractivity contribution in [2.75, 3.05) is 0 Å². The molecule has 0 saturated heterocycles. The maximum atomic E-state index is 9.57. The molecule has 0 amide bonds. The van der Waals surface area contributed by atoms with Gasteiger partial charge in [0.1, 0.15) is 0 Å². The van der Waals surface area contributed by atoms with Gasteiger partial charge >= 0.3 is 0 Å². The van der Waals surface area contributed by atoms with Crippen LogP contribution in [0.3, 0.4) is 0 Å². The van der Waals surface area contributed by atoms with Crippen molar-refractivity contribution in [3.63, 3.8) is 0 Å². The van der Waals surface area contributed by atoms with Crippen molar-refractivity contribution in [2.45, 2.75) is 31.3 Å². The van der Waals surface area contributed by atoms with E-state index in [2.05, 4.69) is 0 Å². The Bertz CT molecular complexity index is 278. The fraction of sp³-hybridized carbons (Fsp3) is 0.556. The Hall–Kier alpha value is -0.0500. The van der Waals surface area contributed by atoms with Crippen molar-refractivity contribution < 1.29 is 5.11 Å². The van der Waals surface area contributed by atoms with E-state index in [9.17, 15) is 5.11 Å². The molecule has 0 radical (unpaired) electrons. The number of thiophene rings is 1. The van der Waals surface area contributed by atoms with Gasteiger partial charge in [-0.1, -0.05) is 11.6 Å². The number of halogens is 1. The number of hydrogen-bond acceptors (Lipinski definition) is 2. The maximum absolute atomic E-state index is 9.57. The van der Waals surface area contributed by atoms with Crippen LogP contribution < -0.4 is 0 Å². The average Bonchev–Trinajstić information content (AvgIpc) is 2.60. The standard InChI is InChI=1S/C9H11ClOS/c10-7-5-8(12-6-7)1-2-9(11)3-4-9/h5-6,11H,1-4H2. The van der Waals surface area contributed by atoms with Crippen LogP contribution in [0.4, 0.5) is 0 Å². The van der Waals surface area contributed by atoms with Crippen molar-refractivity contribution in [1.29, 1.82) is 0 Å². The van der Waals surface area contributed by atoms with Crippen molar-refractivity contribution in [2.24, 2.45) is 0 Å². The highest BCUT2D eigenvalue weighted by molar-refractivity contribution is 7.10. The molecular weight excluding hydrogens is 192 g/mol. The molecular formula is C9H11ClOS. The van der Waals surface area contributed by atoms with Gasteiger partial charge in [0.2, 0.25) is 0 Å². The van der Waals surface area contributed by atoms with Gasteiger partial charge < -0.3 is 5.11 Å². The van der Waals surface area contributed by atoms with Gasteiger partial charge in [0.05, 0.1) is 10.6 Å². The second-order valence-electron chi connectivity index (χ2n) is 3.46. The Kier molecular flexibility index (Phi) is 2.15. The topological polar surface area (TPSA) is 20.2 Å². The first-order valence-corrected chi connectivity index (χ1v) is 5.39. The van der Waals surface area contributed by atoms with Crippen molar-refractivity contribution in [3.8, 4) is 0 Å². The van der Waals surface area contributed by atoms with E-state index >= 15 is 0 Å². The molecule has 66 valence electrons. The molecule has 12 heavy (non-hydrogen) atoms. The van der Waals surface area contributed by atoms with E-state index in [0.29, 0.717) is 0 Å². The zero-order valence-corrected chi connectivity index (χ0v) is 8.29. The third-order valence-corrected chi connectivity index (χ3v) is 3.63. The van der Waals surface area contributed by atoms with Crippen LogP contribution in [0.2, 0.25) is 5.02 Å². The van der Waals surface area contributed by atoms with Crippen LogP contribution in [0.5, 0.6) is 0 Å². The second kappa shape index (κ2) is 3.02. The lowest BCUT2D eigenvalue weighted by Gasteiger charge is -2.04. The summed E-state index contributed by atoms with van der Waals surface area (Å²) in [5.74, 6) is 0. The molecule has 1 nitrogen and oxygen atoms in total. The highest BCUT2D eigenvalue weighted by Crippen LogP contribution is 2.39. The smallest absolute Gasteiger partial charge is 0.0653 e. The SMILES string of the molecule is OC1(CCc2cc(Cl)cs2)CC1. The normalized spacial score (nSPS) is 19.5. The Morgan fingerprint density at radius 2 is 2.33 bits per heavy atom. The van der Waals surface area contributed by atoms with Gasteiger partial charge in [-0.25, -0.2) is 0 Å². The van der Waals surface area contributed by atoms with Gasteiger partial charge in [0.25, 0.3) is 0 Å². The Labute approximate surface area is 81.0 Å². The van der Waals surface area contributed by atoms with Crippen LogP contribution in [0.15, 0.2) is 11.4 Å². The maximum Gasteiger partial charge on any atom is 0.0653 e. The van der Waals surface area contributed by atoms with E-state index in [0.717, 1.165) is 30.7 Å². The first-order chi connectivity index (χ1) is 5.68. The highest BCUT2D eigenvalue weighted by atomic mass is 35.5. The summed E-state index contributed by atoms with van der Waals surface area (Å²) in [7, 11) is 0. The van der Waals surface area contributed by atoms with Crippen LogP contribution in [-0.4, -0.2) is 10.7 Å². The fourth-order valence-corrected chi connectivity index (χ4v) is 2.31. The third kappa shape index (κ3) is 2.00. The lowest BCUT2D eigenvalue weighted by atomic mass is 10.1. The third-order valence-electron chi connectivity index (χ3n) is 2.29. The van der Waals surface area contributed by atoms with Crippen molar-refractivity contribution in [3.05, 3.63) is 21.3 Å². The minimum absolute atomic E-state index is 0.323. The zero-order chi connectivity index (χ0) is 8.60. The molecule has 1 N–H and O–H groups in total. The van der Waals surface area contributed by atoms with E-state index in [-0.39, 0.29) is 5.60 Å². The molecule has 1 saturated carbocycles. The van der Waals surface area contributed by atoms with Gasteiger partial charge in [0.15, 0.2) is 0 Å². The van der Waals surface area contributed by atoms with Crippen LogP contribution >= 0.6 is 22.9 Å². The van der Waals surface area contributed by atoms with E-state index in [1.807, 2.05) is 11.4 Å². The molecule has 0 aromatic carbocycles. The van der Waals surface area contributed by atoms with E-state index in [1.54, 1.807) is 11.3 Å². The first kappa shape index (κ1) is 8.54. The van der Waals surface area contributed by atoms with Crippen molar-refractivity contribution >= 4 is 22.9 Å². The highest BCUT2D eigenvalue weighted by Gasteiger charge is 2.39. The van der Waals surface area contributed by atoms with E-state index < -0.39 is 0 Å². The summed E-state index contributed by atoms with van der Waals surface area (Å²) in [6.45, 7) is 0. The van der Waals surface area contributed by atoms with Crippen LogP contribution in [0.1, 0.15) is 24.1 Å². The second-order valence-corrected chi connectivity index (χ2v) is 4.89. The first-order valence-electron chi connectivity index (χ1n) is 4.13. The number of aryl methyl sites for hydroxylation is 1. The summed E-state index contributed by atoms with van der Waals surface area (Å²) < 4.78 is 0.